The molecule has 1 aliphatic rings. The first kappa shape index (κ1) is 9.02. The van der Waals surface area contributed by atoms with Gasteiger partial charge in [-0.2, -0.15) is 0 Å². The summed E-state index contributed by atoms with van der Waals surface area (Å²) in [7, 11) is 2.00. The smallest absolute Gasteiger partial charge is 0.117 e. The lowest BCUT2D eigenvalue weighted by molar-refractivity contribution is 1.74. The van der Waals surface area contributed by atoms with Crippen LogP contribution in [-0.4, -0.2) is 7.28 Å². The summed E-state index contributed by atoms with van der Waals surface area (Å²) in [6.45, 7) is 5.42. The lowest BCUT2D eigenvalue weighted by Gasteiger charge is -1.56. The maximum atomic E-state index is 3.46. The van der Waals surface area contributed by atoms with Crippen molar-refractivity contribution in [2.45, 2.75) is 6.92 Å². The molecule has 0 saturated carbocycles. The Kier molecular flexibility index (Phi) is 7.24. The summed E-state index contributed by atoms with van der Waals surface area (Å²) in [4.78, 5) is 0. The number of rotatable bonds is 1. The lowest BCUT2D eigenvalue weighted by Crippen LogP contribution is -1.63. The van der Waals surface area contributed by atoms with Crippen LogP contribution in [0.15, 0.2) is 48.9 Å². The zero-order valence-corrected chi connectivity index (χ0v) is 6.33. The maximum Gasteiger partial charge on any atom is 0.171 e. The first-order valence-electron chi connectivity index (χ1n) is 3.32. The van der Waals surface area contributed by atoms with E-state index in [-0.39, 0.29) is 0 Å². The summed E-state index contributed by atoms with van der Waals surface area (Å²) in [5.41, 5.74) is 0. The standard InChI is InChI=1S/C5H8.C4H4B/c1-3-5-4-2;1-2-4-5-3-1/h3-5H,1H2,2H3;1-4H. The first-order valence-corrected chi connectivity index (χ1v) is 3.32. The molecule has 0 aromatic carbocycles. The minimum absolute atomic E-state index is 1.75. The predicted molar refractivity (Wildman–Crippen MR) is 49.0 cm³/mol. The summed E-state index contributed by atoms with van der Waals surface area (Å²) in [6, 6.07) is 0. The number of allylic oxidation sites excluding steroid dienone is 5. The van der Waals surface area contributed by atoms with E-state index in [2.05, 4.69) is 6.58 Å². The van der Waals surface area contributed by atoms with Gasteiger partial charge in [-0.25, -0.2) is 0 Å². The van der Waals surface area contributed by atoms with Gasteiger partial charge in [0.1, 0.15) is 0 Å². The molecule has 1 rings (SSSR count). The Morgan fingerprint density at radius 1 is 1.30 bits per heavy atom. The summed E-state index contributed by atoms with van der Waals surface area (Å²) < 4.78 is 0. The Morgan fingerprint density at radius 2 is 1.90 bits per heavy atom. The van der Waals surface area contributed by atoms with Gasteiger partial charge in [-0.1, -0.05) is 37.0 Å². The Bertz CT molecular complexity index is 139. The fourth-order valence-corrected chi connectivity index (χ4v) is 0.457. The van der Waals surface area contributed by atoms with Gasteiger partial charge >= 0.3 is 0 Å². The van der Waals surface area contributed by atoms with Crippen molar-refractivity contribution < 1.29 is 0 Å². The van der Waals surface area contributed by atoms with E-state index >= 15 is 0 Å². The van der Waals surface area contributed by atoms with Crippen LogP contribution in [0.1, 0.15) is 6.92 Å². The van der Waals surface area contributed by atoms with Crippen LogP contribution in [0.5, 0.6) is 0 Å². The van der Waals surface area contributed by atoms with Gasteiger partial charge in [0.05, 0.1) is 0 Å². The lowest BCUT2D eigenvalue weighted by atomic mass is 9.83. The van der Waals surface area contributed by atoms with Crippen LogP contribution in [0.2, 0.25) is 0 Å². The highest BCUT2D eigenvalue weighted by Crippen LogP contribution is 1.82. The third-order valence-electron chi connectivity index (χ3n) is 0.884. The molecular formula is C9H12B. The van der Waals surface area contributed by atoms with Crippen LogP contribution < -0.4 is 0 Å². The molecule has 1 heterocycles. The van der Waals surface area contributed by atoms with E-state index in [4.69, 9.17) is 0 Å². The average Bonchev–Trinajstić information content (AvgIpc) is 2.44. The fourth-order valence-electron chi connectivity index (χ4n) is 0.457. The second-order valence-electron chi connectivity index (χ2n) is 1.72. The molecule has 0 aliphatic carbocycles. The maximum absolute atomic E-state index is 3.46. The third-order valence-corrected chi connectivity index (χ3v) is 0.884. The summed E-state index contributed by atoms with van der Waals surface area (Å²) in [5, 5.41) is 0. The van der Waals surface area contributed by atoms with Crippen molar-refractivity contribution in [2.75, 3.05) is 0 Å². The van der Waals surface area contributed by atoms with Crippen molar-refractivity contribution in [2.24, 2.45) is 0 Å². The van der Waals surface area contributed by atoms with Crippen molar-refractivity contribution >= 4 is 7.28 Å². The Labute approximate surface area is 63.9 Å². The third kappa shape index (κ3) is 7.02. The van der Waals surface area contributed by atoms with E-state index in [0.29, 0.717) is 0 Å². The van der Waals surface area contributed by atoms with Gasteiger partial charge < -0.3 is 0 Å². The molecule has 1 aliphatic heterocycles. The Hall–Kier alpha value is -0.975. The molecule has 0 unspecified atom stereocenters. The molecular weight excluding hydrogens is 119 g/mol. The minimum Gasteiger partial charge on any atom is -0.117 e. The van der Waals surface area contributed by atoms with E-state index in [1.807, 2.05) is 50.5 Å². The van der Waals surface area contributed by atoms with Gasteiger partial charge in [0.2, 0.25) is 0 Å². The quantitative estimate of drug-likeness (QED) is 0.378. The van der Waals surface area contributed by atoms with E-state index in [1.165, 1.54) is 0 Å². The van der Waals surface area contributed by atoms with E-state index in [1.54, 1.807) is 6.08 Å². The second kappa shape index (κ2) is 8.02. The van der Waals surface area contributed by atoms with Crippen LogP contribution in [0, 0.1) is 0 Å². The molecule has 0 aromatic rings. The zero-order valence-electron chi connectivity index (χ0n) is 6.33. The summed E-state index contributed by atoms with van der Waals surface area (Å²) >= 11 is 0. The normalized spacial score (nSPS) is 12.5. The van der Waals surface area contributed by atoms with Gasteiger partial charge in [-0.3, -0.25) is 0 Å². The number of hydrogen-bond donors (Lipinski definition) is 0. The van der Waals surface area contributed by atoms with Crippen LogP contribution >= 0.6 is 0 Å². The van der Waals surface area contributed by atoms with E-state index in [9.17, 15) is 0 Å². The topological polar surface area (TPSA) is 0 Å². The zero-order chi connectivity index (χ0) is 7.66. The molecule has 0 N–H and O–H groups in total. The van der Waals surface area contributed by atoms with Gasteiger partial charge in [-0.05, 0) is 6.92 Å². The molecule has 0 atom stereocenters. The van der Waals surface area contributed by atoms with Crippen LogP contribution in [0.3, 0.4) is 0 Å². The van der Waals surface area contributed by atoms with E-state index in [0.717, 1.165) is 0 Å². The van der Waals surface area contributed by atoms with Crippen molar-refractivity contribution in [3.63, 3.8) is 0 Å². The molecule has 10 heavy (non-hydrogen) atoms. The highest BCUT2D eigenvalue weighted by Gasteiger charge is 1.75. The summed E-state index contributed by atoms with van der Waals surface area (Å²) in [6.07, 6.45) is 9.58. The molecule has 0 amide bonds. The van der Waals surface area contributed by atoms with E-state index < -0.39 is 0 Å². The minimum atomic E-state index is 1.75. The number of hydrogen-bond acceptors (Lipinski definition) is 0. The van der Waals surface area contributed by atoms with Crippen molar-refractivity contribution in [1.29, 1.82) is 0 Å². The van der Waals surface area contributed by atoms with Gasteiger partial charge in [0.25, 0.3) is 0 Å². The molecule has 0 aromatic heterocycles. The van der Waals surface area contributed by atoms with Crippen molar-refractivity contribution in [3.8, 4) is 0 Å². The highest BCUT2D eigenvalue weighted by atomic mass is 13.6. The fraction of sp³-hybridized carbons (Fsp3) is 0.111. The first-order chi connectivity index (χ1) is 4.91. The van der Waals surface area contributed by atoms with Gasteiger partial charge in [0.15, 0.2) is 7.28 Å². The van der Waals surface area contributed by atoms with Crippen molar-refractivity contribution in [3.05, 3.63) is 48.9 Å². The molecule has 0 spiro atoms. The summed E-state index contributed by atoms with van der Waals surface area (Å²) in [5.74, 6) is 4.00. The molecule has 1 heteroatoms. The van der Waals surface area contributed by atoms with Crippen LogP contribution in [0.4, 0.5) is 0 Å². The van der Waals surface area contributed by atoms with Crippen LogP contribution in [0.25, 0.3) is 0 Å². The van der Waals surface area contributed by atoms with Crippen LogP contribution in [-0.2, 0) is 0 Å². The largest absolute Gasteiger partial charge is 0.171 e. The van der Waals surface area contributed by atoms with Crippen molar-refractivity contribution in [1.82, 2.24) is 0 Å². The molecule has 51 valence electrons. The monoisotopic (exact) mass is 131 g/mol. The SMILES string of the molecule is C=CC=CC.[B]1C=CC=C1. The highest BCUT2D eigenvalue weighted by molar-refractivity contribution is 6.49. The molecule has 1 radical (unpaired) electrons. The molecule has 0 saturated heterocycles. The molecule has 0 fully saturated rings. The average molecular weight is 131 g/mol. The molecule has 0 bridgehead atoms. The van der Waals surface area contributed by atoms with Gasteiger partial charge in [0, 0.05) is 0 Å². The van der Waals surface area contributed by atoms with Gasteiger partial charge in [-0.15, -0.1) is 12.0 Å². The molecule has 0 nitrogen and oxygen atoms in total. The predicted octanol–water partition coefficient (Wildman–Crippen LogP) is 2.48. The Balaban J connectivity index is 0.000000162. The second-order valence-corrected chi connectivity index (χ2v) is 1.72. The Morgan fingerprint density at radius 3 is 2.00 bits per heavy atom.